The lowest BCUT2D eigenvalue weighted by atomic mass is 10.1. The third kappa shape index (κ3) is 4.51. The number of carbonyl (C=O) groups is 1. The molecule has 3 rings (SSSR count). The minimum Gasteiger partial charge on any atom is -0.489 e. The number of likely N-dealkylation sites (N-methyl/N-ethyl adjacent to an activating group) is 1. The lowest BCUT2D eigenvalue weighted by molar-refractivity contribution is -0.132. The number of carbonyl (C=O) groups excluding carboxylic acids is 1. The zero-order valence-electron chi connectivity index (χ0n) is 14.5. The van der Waals surface area contributed by atoms with E-state index in [0.717, 1.165) is 10.8 Å². The fourth-order valence-electron chi connectivity index (χ4n) is 2.49. The zero-order valence-corrected chi connectivity index (χ0v) is 14.5. The van der Waals surface area contributed by atoms with Gasteiger partial charge in [0, 0.05) is 7.05 Å². The summed E-state index contributed by atoms with van der Waals surface area (Å²) in [6, 6.07) is 19.9. The molecule has 0 fully saturated rings. The average molecular weight is 353 g/mol. The van der Waals surface area contributed by atoms with Crippen LogP contribution in [0, 0.1) is 5.82 Å². The van der Waals surface area contributed by atoms with Crippen LogP contribution < -0.4 is 9.47 Å². The van der Waals surface area contributed by atoms with Gasteiger partial charge in [-0.15, -0.1) is 0 Å². The fourth-order valence-corrected chi connectivity index (χ4v) is 2.49. The van der Waals surface area contributed by atoms with Gasteiger partial charge in [-0.25, -0.2) is 4.39 Å². The van der Waals surface area contributed by atoms with Crippen LogP contribution in [-0.4, -0.2) is 37.6 Å². The Labute approximate surface area is 151 Å². The fraction of sp³-hybridized carbons (Fsp3) is 0.190. The summed E-state index contributed by atoms with van der Waals surface area (Å²) < 4.78 is 24.4. The lowest BCUT2D eigenvalue weighted by Gasteiger charge is -2.18. The van der Waals surface area contributed by atoms with E-state index in [1.165, 1.54) is 11.0 Å². The maximum Gasteiger partial charge on any atom is 0.260 e. The van der Waals surface area contributed by atoms with E-state index in [-0.39, 0.29) is 24.9 Å². The van der Waals surface area contributed by atoms with Gasteiger partial charge in [-0.1, -0.05) is 42.5 Å². The number of nitrogens with zero attached hydrogens (tertiary/aromatic N) is 1. The molecular weight excluding hydrogens is 333 g/mol. The van der Waals surface area contributed by atoms with Crippen LogP contribution in [0.5, 0.6) is 11.5 Å². The van der Waals surface area contributed by atoms with Crippen molar-refractivity contribution in [2.75, 3.05) is 26.8 Å². The third-order valence-corrected chi connectivity index (χ3v) is 4.03. The van der Waals surface area contributed by atoms with Gasteiger partial charge < -0.3 is 14.4 Å². The minimum atomic E-state index is -0.416. The summed E-state index contributed by atoms with van der Waals surface area (Å²) in [5.74, 6) is 0.241. The molecule has 0 saturated heterocycles. The summed E-state index contributed by atoms with van der Waals surface area (Å²) in [5.41, 5.74) is 0. The second kappa shape index (κ2) is 8.34. The highest BCUT2D eigenvalue weighted by molar-refractivity contribution is 5.84. The van der Waals surface area contributed by atoms with E-state index in [1.807, 2.05) is 42.5 Å². The van der Waals surface area contributed by atoms with Gasteiger partial charge in [0.15, 0.2) is 18.2 Å². The number of halogens is 1. The Morgan fingerprint density at radius 1 is 0.962 bits per heavy atom. The molecule has 0 bridgehead atoms. The quantitative estimate of drug-likeness (QED) is 0.647. The second-order valence-corrected chi connectivity index (χ2v) is 5.89. The van der Waals surface area contributed by atoms with Crippen molar-refractivity contribution in [2.24, 2.45) is 0 Å². The van der Waals surface area contributed by atoms with E-state index in [2.05, 4.69) is 0 Å². The Balaban J connectivity index is 1.47. The molecule has 3 aromatic carbocycles. The van der Waals surface area contributed by atoms with Crippen LogP contribution in [0.4, 0.5) is 4.39 Å². The number of benzene rings is 3. The molecular formula is C21H20FNO3. The Hall–Kier alpha value is -3.08. The van der Waals surface area contributed by atoms with Gasteiger partial charge in [0.05, 0.1) is 6.54 Å². The molecule has 134 valence electrons. The smallest absolute Gasteiger partial charge is 0.260 e. The van der Waals surface area contributed by atoms with Gasteiger partial charge in [-0.05, 0) is 35.0 Å². The average Bonchev–Trinajstić information content (AvgIpc) is 2.67. The van der Waals surface area contributed by atoms with Crippen molar-refractivity contribution >= 4 is 16.7 Å². The highest BCUT2D eigenvalue weighted by atomic mass is 19.1. The van der Waals surface area contributed by atoms with Crippen molar-refractivity contribution in [2.45, 2.75) is 0 Å². The Bertz CT molecular complexity index is 897. The molecule has 0 aromatic heterocycles. The summed E-state index contributed by atoms with van der Waals surface area (Å²) in [6.07, 6.45) is 0. The first-order valence-corrected chi connectivity index (χ1v) is 8.36. The molecule has 1 amide bonds. The molecule has 0 atom stereocenters. The van der Waals surface area contributed by atoms with Crippen molar-refractivity contribution in [1.29, 1.82) is 0 Å². The third-order valence-electron chi connectivity index (χ3n) is 4.03. The highest BCUT2D eigenvalue weighted by Crippen LogP contribution is 2.20. The van der Waals surface area contributed by atoms with Crippen LogP contribution in [0.15, 0.2) is 66.7 Å². The number of rotatable bonds is 7. The minimum absolute atomic E-state index is 0.0610. The van der Waals surface area contributed by atoms with Crippen LogP contribution in [-0.2, 0) is 4.79 Å². The lowest BCUT2D eigenvalue weighted by Crippen LogP contribution is -2.34. The molecule has 0 heterocycles. The van der Waals surface area contributed by atoms with E-state index in [9.17, 15) is 9.18 Å². The van der Waals surface area contributed by atoms with Crippen molar-refractivity contribution < 1.29 is 18.7 Å². The number of fused-ring (bicyclic) bond motifs is 1. The summed E-state index contributed by atoms with van der Waals surface area (Å²) in [4.78, 5) is 13.7. The van der Waals surface area contributed by atoms with E-state index in [4.69, 9.17) is 9.47 Å². The molecule has 26 heavy (non-hydrogen) atoms. The van der Waals surface area contributed by atoms with Crippen LogP contribution in [0.2, 0.25) is 0 Å². The molecule has 0 radical (unpaired) electrons. The summed E-state index contributed by atoms with van der Waals surface area (Å²) in [7, 11) is 1.66. The molecule has 3 aromatic rings. The molecule has 0 aliphatic rings. The van der Waals surface area contributed by atoms with Crippen LogP contribution >= 0.6 is 0 Å². The summed E-state index contributed by atoms with van der Waals surface area (Å²) in [5, 5.41) is 2.18. The number of hydrogen-bond acceptors (Lipinski definition) is 3. The number of ether oxygens (including phenoxy) is 2. The van der Waals surface area contributed by atoms with E-state index in [1.54, 1.807) is 25.2 Å². The van der Waals surface area contributed by atoms with Gasteiger partial charge in [0.1, 0.15) is 12.4 Å². The van der Waals surface area contributed by atoms with Crippen LogP contribution in [0.3, 0.4) is 0 Å². The first-order valence-electron chi connectivity index (χ1n) is 8.36. The zero-order chi connectivity index (χ0) is 18.4. The van der Waals surface area contributed by atoms with Gasteiger partial charge in [0.25, 0.3) is 5.91 Å². The Morgan fingerprint density at radius 2 is 1.69 bits per heavy atom. The molecule has 0 N–H and O–H groups in total. The molecule has 4 nitrogen and oxygen atoms in total. The predicted octanol–water partition coefficient (Wildman–Crippen LogP) is 3.90. The molecule has 0 aliphatic carbocycles. The second-order valence-electron chi connectivity index (χ2n) is 5.89. The van der Waals surface area contributed by atoms with Crippen molar-refractivity contribution in [1.82, 2.24) is 4.90 Å². The first-order chi connectivity index (χ1) is 12.6. The van der Waals surface area contributed by atoms with Crippen molar-refractivity contribution in [3.8, 4) is 11.5 Å². The Kier molecular flexibility index (Phi) is 5.69. The maximum absolute atomic E-state index is 13.5. The van der Waals surface area contributed by atoms with Crippen LogP contribution in [0.25, 0.3) is 10.8 Å². The monoisotopic (exact) mass is 353 g/mol. The molecule has 0 spiro atoms. The van der Waals surface area contributed by atoms with Crippen molar-refractivity contribution in [3.05, 3.63) is 72.5 Å². The van der Waals surface area contributed by atoms with Gasteiger partial charge in [-0.3, -0.25) is 4.79 Å². The SMILES string of the molecule is CN(CCOc1ccccc1F)C(=O)COc1ccc2ccccc2c1. The van der Waals surface area contributed by atoms with Gasteiger partial charge in [0.2, 0.25) is 0 Å². The molecule has 0 saturated carbocycles. The van der Waals surface area contributed by atoms with E-state index >= 15 is 0 Å². The summed E-state index contributed by atoms with van der Waals surface area (Å²) >= 11 is 0. The normalized spacial score (nSPS) is 10.5. The topological polar surface area (TPSA) is 38.8 Å². The molecule has 5 heteroatoms. The number of hydrogen-bond donors (Lipinski definition) is 0. The molecule has 0 aliphatic heterocycles. The van der Waals surface area contributed by atoms with E-state index < -0.39 is 5.82 Å². The number of para-hydroxylation sites is 1. The Morgan fingerprint density at radius 3 is 2.50 bits per heavy atom. The van der Waals surface area contributed by atoms with Gasteiger partial charge >= 0.3 is 0 Å². The van der Waals surface area contributed by atoms with Crippen molar-refractivity contribution in [3.63, 3.8) is 0 Å². The standard InChI is InChI=1S/C21H20FNO3/c1-23(12-13-25-20-9-5-4-8-19(20)22)21(24)15-26-18-11-10-16-6-2-3-7-17(16)14-18/h2-11,14H,12-13,15H2,1H3. The van der Waals surface area contributed by atoms with Gasteiger partial charge in [-0.2, -0.15) is 0 Å². The number of amides is 1. The highest BCUT2D eigenvalue weighted by Gasteiger charge is 2.10. The maximum atomic E-state index is 13.5. The summed E-state index contributed by atoms with van der Waals surface area (Å²) in [6.45, 7) is 0.488. The van der Waals surface area contributed by atoms with E-state index in [0.29, 0.717) is 12.3 Å². The molecule has 0 unspecified atom stereocenters. The van der Waals surface area contributed by atoms with Crippen LogP contribution in [0.1, 0.15) is 0 Å². The predicted molar refractivity (Wildman–Crippen MR) is 99.0 cm³/mol. The largest absolute Gasteiger partial charge is 0.489 e. The first kappa shape index (κ1) is 17.7.